The molecule has 8 heteroatoms. The Balaban J connectivity index is 1.72. The van der Waals surface area contributed by atoms with Crippen LogP contribution in [0.1, 0.15) is 24.5 Å². The summed E-state index contributed by atoms with van der Waals surface area (Å²) in [6, 6.07) is 10.9. The SMILES string of the molecule is CCCc1ccc(S(=O)(=O)Nc2cnn(Cc3ccc(F)cc3Cl)c2)cc1. The Hall–Kier alpha value is -2.38. The average Bonchev–Trinajstić information content (AvgIpc) is 3.04. The van der Waals surface area contributed by atoms with E-state index in [2.05, 4.69) is 16.7 Å². The van der Waals surface area contributed by atoms with Crippen LogP contribution in [-0.2, 0) is 23.0 Å². The molecule has 1 heterocycles. The largest absolute Gasteiger partial charge is 0.276 e. The number of hydrogen-bond acceptors (Lipinski definition) is 3. The Kier molecular flexibility index (Phi) is 5.82. The monoisotopic (exact) mass is 407 g/mol. The number of anilines is 1. The summed E-state index contributed by atoms with van der Waals surface area (Å²) >= 11 is 6.02. The molecule has 0 unspecified atom stereocenters. The van der Waals surface area contributed by atoms with Crippen LogP contribution in [0.2, 0.25) is 5.02 Å². The van der Waals surface area contributed by atoms with Crippen molar-refractivity contribution in [2.45, 2.75) is 31.2 Å². The van der Waals surface area contributed by atoms with Gasteiger partial charge in [-0.3, -0.25) is 9.40 Å². The Morgan fingerprint density at radius 2 is 1.93 bits per heavy atom. The summed E-state index contributed by atoms with van der Waals surface area (Å²) in [5, 5.41) is 4.42. The van der Waals surface area contributed by atoms with E-state index >= 15 is 0 Å². The van der Waals surface area contributed by atoms with Gasteiger partial charge in [-0.05, 0) is 41.8 Å². The minimum atomic E-state index is -3.70. The van der Waals surface area contributed by atoms with Crippen LogP contribution < -0.4 is 4.72 Å². The molecule has 27 heavy (non-hydrogen) atoms. The lowest BCUT2D eigenvalue weighted by atomic mass is 10.1. The van der Waals surface area contributed by atoms with Gasteiger partial charge in [-0.2, -0.15) is 5.10 Å². The van der Waals surface area contributed by atoms with Crippen LogP contribution in [-0.4, -0.2) is 18.2 Å². The van der Waals surface area contributed by atoms with Crippen molar-refractivity contribution in [3.8, 4) is 0 Å². The lowest BCUT2D eigenvalue weighted by molar-refractivity contribution is 0.601. The standard InChI is InChI=1S/C19H19ClFN3O2S/c1-2-3-14-4-8-18(9-5-14)27(25,26)23-17-11-22-24(13-17)12-15-6-7-16(21)10-19(15)20/h4-11,13,23H,2-3,12H2,1H3. The summed E-state index contributed by atoms with van der Waals surface area (Å²) in [7, 11) is -3.70. The number of sulfonamides is 1. The predicted octanol–water partition coefficient (Wildman–Crippen LogP) is 4.48. The molecule has 0 saturated carbocycles. The molecule has 0 radical (unpaired) electrons. The molecular formula is C19H19ClFN3O2S. The molecule has 0 fully saturated rings. The molecule has 1 N–H and O–H groups in total. The first-order valence-corrected chi connectivity index (χ1v) is 10.3. The molecule has 0 spiro atoms. The molecule has 142 valence electrons. The molecule has 3 rings (SSSR count). The van der Waals surface area contributed by atoms with Crippen molar-refractivity contribution in [3.63, 3.8) is 0 Å². The highest BCUT2D eigenvalue weighted by atomic mass is 35.5. The molecule has 0 bridgehead atoms. The second kappa shape index (κ2) is 8.10. The number of aromatic nitrogens is 2. The smallest absolute Gasteiger partial charge is 0.261 e. The normalized spacial score (nSPS) is 11.5. The zero-order chi connectivity index (χ0) is 19.4. The Morgan fingerprint density at radius 1 is 1.19 bits per heavy atom. The fourth-order valence-electron chi connectivity index (χ4n) is 2.67. The lowest BCUT2D eigenvalue weighted by Crippen LogP contribution is -2.12. The molecule has 0 saturated heterocycles. The van der Waals surface area contributed by atoms with Gasteiger partial charge >= 0.3 is 0 Å². The molecule has 2 aromatic carbocycles. The van der Waals surface area contributed by atoms with Crippen molar-refractivity contribution in [3.05, 3.63) is 76.8 Å². The van der Waals surface area contributed by atoms with E-state index in [0.717, 1.165) is 18.4 Å². The van der Waals surface area contributed by atoms with Gasteiger partial charge < -0.3 is 0 Å². The zero-order valence-electron chi connectivity index (χ0n) is 14.7. The summed E-state index contributed by atoms with van der Waals surface area (Å²) in [5.41, 5.74) is 2.12. The second-order valence-corrected chi connectivity index (χ2v) is 8.25. The number of benzene rings is 2. The van der Waals surface area contributed by atoms with Gasteiger partial charge in [0.25, 0.3) is 10.0 Å². The van der Waals surface area contributed by atoms with Gasteiger partial charge in [0.1, 0.15) is 5.82 Å². The van der Waals surface area contributed by atoms with Gasteiger partial charge in [0.15, 0.2) is 0 Å². The van der Waals surface area contributed by atoms with Crippen molar-refractivity contribution in [1.82, 2.24) is 9.78 Å². The van der Waals surface area contributed by atoms with Crippen molar-refractivity contribution in [2.24, 2.45) is 0 Å². The molecular weight excluding hydrogens is 389 g/mol. The zero-order valence-corrected chi connectivity index (χ0v) is 16.3. The van der Waals surface area contributed by atoms with Crippen LogP contribution in [0.3, 0.4) is 0 Å². The molecule has 1 aromatic heterocycles. The maximum atomic E-state index is 13.1. The number of nitrogens with zero attached hydrogens (tertiary/aromatic N) is 2. The Bertz CT molecular complexity index is 1030. The van der Waals surface area contributed by atoms with Crippen molar-refractivity contribution >= 4 is 27.3 Å². The number of aryl methyl sites for hydroxylation is 1. The van der Waals surface area contributed by atoms with E-state index in [1.165, 1.54) is 23.0 Å². The van der Waals surface area contributed by atoms with Crippen LogP contribution in [0.4, 0.5) is 10.1 Å². The van der Waals surface area contributed by atoms with E-state index in [1.54, 1.807) is 24.4 Å². The third-order valence-electron chi connectivity index (χ3n) is 4.01. The molecule has 3 aromatic rings. The van der Waals surface area contributed by atoms with Crippen LogP contribution in [0.15, 0.2) is 59.8 Å². The predicted molar refractivity (Wildman–Crippen MR) is 104 cm³/mol. The highest BCUT2D eigenvalue weighted by Gasteiger charge is 2.15. The number of nitrogens with one attached hydrogen (secondary N) is 1. The Labute approximate surface area is 162 Å². The summed E-state index contributed by atoms with van der Waals surface area (Å²) in [6.07, 6.45) is 4.89. The molecule has 0 atom stereocenters. The van der Waals surface area contributed by atoms with Crippen molar-refractivity contribution < 1.29 is 12.8 Å². The van der Waals surface area contributed by atoms with E-state index in [-0.39, 0.29) is 4.90 Å². The highest BCUT2D eigenvalue weighted by Crippen LogP contribution is 2.20. The average molecular weight is 408 g/mol. The lowest BCUT2D eigenvalue weighted by Gasteiger charge is -2.07. The highest BCUT2D eigenvalue weighted by molar-refractivity contribution is 7.92. The van der Waals surface area contributed by atoms with Crippen molar-refractivity contribution in [2.75, 3.05) is 4.72 Å². The fraction of sp³-hybridized carbons (Fsp3) is 0.211. The minimum Gasteiger partial charge on any atom is -0.276 e. The molecule has 0 amide bonds. The minimum absolute atomic E-state index is 0.191. The first-order valence-electron chi connectivity index (χ1n) is 8.45. The molecule has 5 nitrogen and oxygen atoms in total. The van der Waals surface area contributed by atoms with Gasteiger partial charge in [0.2, 0.25) is 0 Å². The van der Waals surface area contributed by atoms with Gasteiger partial charge in [-0.15, -0.1) is 0 Å². The number of hydrogen-bond donors (Lipinski definition) is 1. The van der Waals surface area contributed by atoms with E-state index in [9.17, 15) is 12.8 Å². The van der Waals surface area contributed by atoms with E-state index in [1.807, 2.05) is 12.1 Å². The molecule has 0 aliphatic carbocycles. The van der Waals surface area contributed by atoms with Gasteiger partial charge in [0.05, 0.1) is 23.3 Å². The van der Waals surface area contributed by atoms with Gasteiger partial charge in [-0.1, -0.05) is 43.1 Å². The van der Waals surface area contributed by atoms with Gasteiger partial charge in [-0.25, -0.2) is 12.8 Å². The van der Waals surface area contributed by atoms with Crippen molar-refractivity contribution in [1.29, 1.82) is 0 Å². The van der Waals surface area contributed by atoms with Crippen LogP contribution in [0.25, 0.3) is 0 Å². The summed E-state index contributed by atoms with van der Waals surface area (Å²) < 4.78 is 42.2. The first kappa shape index (κ1) is 19.4. The number of rotatable bonds is 7. The molecule has 0 aliphatic rings. The number of halogens is 2. The summed E-state index contributed by atoms with van der Waals surface area (Å²) in [6.45, 7) is 2.37. The molecule has 0 aliphatic heterocycles. The van der Waals surface area contributed by atoms with Crippen LogP contribution in [0, 0.1) is 5.82 Å². The Morgan fingerprint density at radius 3 is 2.59 bits per heavy atom. The van der Waals surface area contributed by atoms with Crippen LogP contribution in [0.5, 0.6) is 0 Å². The summed E-state index contributed by atoms with van der Waals surface area (Å²) in [5.74, 6) is -0.414. The van der Waals surface area contributed by atoms with E-state index in [4.69, 9.17) is 11.6 Å². The van der Waals surface area contributed by atoms with Gasteiger partial charge in [0, 0.05) is 11.2 Å². The topological polar surface area (TPSA) is 64.0 Å². The van der Waals surface area contributed by atoms with E-state index in [0.29, 0.717) is 22.8 Å². The maximum absolute atomic E-state index is 13.1. The second-order valence-electron chi connectivity index (χ2n) is 6.16. The third kappa shape index (κ3) is 4.87. The fourth-order valence-corrected chi connectivity index (χ4v) is 3.92. The third-order valence-corrected chi connectivity index (χ3v) is 5.75. The maximum Gasteiger partial charge on any atom is 0.261 e. The first-order chi connectivity index (χ1) is 12.9. The van der Waals surface area contributed by atoms with Crippen LogP contribution >= 0.6 is 11.6 Å². The summed E-state index contributed by atoms with van der Waals surface area (Å²) in [4.78, 5) is 0.191. The van der Waals surface area contributed by atoms with E-state index < -0.39 is 15.8 Å². The quantitative estimate of drug-likeness (QED) is 0.628.